The number of nitrogens with zero attached hydrogens (tertiary/aromatic N) is 3. The van der Waals surface area contributed by atoms with Crippen molar-refractivity contribution in [1.82, 2.24) is 10.2 Å². The van der Waals surface area contributed by atoms with Crippen LogP contribution in [0.25, 0.3) is 0 Å². The van der Waals surface area contributed by atoms with Gasteiger partial charge in [0.1, 0.15) is 12.6 Å². The number of nitro benzene ring substituents is 1. The van der Waals surface area contributed by atoms with Gasteiger partial charge in [0.25, 0.3) is 15.7 Å². The van der Waals surface area contributed by atoms with E-state index in [1.54, 1.807) is 31.2 Å². The molecular weight excluding hydrogens is 615 g/mol. The molecule has 1 atom stereocenters. The average Bonchev–Trinajstić information content (AvgIpc) is 3.00. The van der Waals surface area contributed by atoms with Crippen molar-refractivity contribution in [3.05, 3.63) is 98.5 Å². The van der Waals surface area contributed by atoms with Gasteiger partial charge in [-0.1, -0.05) is 72.8 Å². The number of carbonyl (C=O) groups excluding carboxylic acids is 2. The lowest BCUT2D eigenvalue weighted by atomic mass is 9.95. The van der Waals surface area contributed by atoms with Gasteiger partial charge in [0, 0.05) is 40.3 Å². The lowest BCUT2D eigenvalue weighted by molar-refractivity contribution is -0.384. The minimum atomic E-state index is -4.37. The highest BCUT2D eigenvalue weighted by Crippen LogP contribution is 2.30. The standard InChI is InChI=1S/C30H32Cl2N4O6S/c1-21(30(38)33-22-10-4-2-5-11-22)34(19-26-27(31)16-9-17-28(26)32)29(37)20-35(23-12-8-13-24(18-23)36(39)40)43(41,42)25-14-6-3-7-15-25/h3,6-9,12-18,21-22H,2,4-5,10-11,19-20H2,1H3,(H,33,38)/t21-/m1/s1. The Morgan fingerprint density at radius 1 is 0.977 bits per heavy atom. The molecule has 1 saturated carbocycles. The predicted molar refractivity (Wildman–Crippen MR) is 166 cm³/mol. The number of sulfonamides is 1. The number of hydrogen-bond donors (Lipinski definition) is 1. The molecule has 0 spiro atoms. The average molecular weight is 648 g/mol. The first-order chi connectivity index (χ1) is 20.5. The monoisotopic (exact) mass is 646 g/mol. The summed E-state index contributed by atoms with van der Waals surface area (Å²) in [6.45, 7) is 0.635. The van der Waals surface area contributed by atoms with E-state index in [4.69, 9.17) is 23.2 Å². The molecule has 0 radical (unpaired) electrons. The first kappa shape index (κ1) is 32.2. The van der Waals surface area contributed by atoms with Crippen molar-refractivity contribution < 1.29 is 22.9 Å². The van der Waals surface area contributed by atoms with Gasteiger partial charge in [-0.15, -0.1) is 0 Å². The van der Waals surface area contributed by atoms with E-state index in [1.807, 2.05) is 0 Å². The van der Waals surface area contributed by atoms with E-state index in [1.165, 1.54) is 47.4 Å². The highest BCUT2D eigenvalue weighted by molar-refractivity contribution is 7.92. The minimum Gasteiger partial charge on any atom is -0.352 e. The quantitative estimate of drug-likeness (QED) is 0.202. The van der Waals surface area contributed by atoms with Gasteiger partial charge in [0.15, 0.2) is 0 Å². The van der Waals surface area contributed by atoms with Gasteiger partial charge in [-0.05, 0) is 50.1 Å². The Kier molecular flexibility index (Phi) is 10.6. The summed E-state index contributed by atoms with van der Waals surface area (Å²) in [7, 11) is -4.37. The fourth-order valence-corrected chi connectivity index (χ4v) is 6.96. The van der Waals surface area contributed by atoms with Crippen LogP contribution < -0.4 is 9.62 Å². The summed E-state index contributed by atoms with van der Waals surface area (Å²) in [6, 6.07) is 16.3. The maximum absolute atomic E-state index is 14.1. The lowest BCUT2D eigenvalue weighted by Gasteiger charge is -2.33. The molecule has 0 saturated heterocycles. The van der Waals surface area contributed by atoms with Gasteiger partial charge in [-0.3, -0.25) is 24.0 Å². The van der Waals surface area contributed by atoms with Crippen LogP contribution in [0.4, 0.5) is 11.4 Å². The van der Waals surface area contributed by atoms with E-state index in [9.17, 15) is 28.1 Å². The first-order valence-corrected chi connectivity index (χ1v) is 16.0. The van der Waals surface area contributed by atoms with Gasteiger partial charge in [-0.2, -0.15) is 0 Å². The second-order valence-corrected chi connectivity index (χ2v) is 13.0. The molecule has 13 heteroatoms. The summed E-state index contributed by atoms with van der Waals surface area (Å²) >= 11 is 12.9. The normalized spacial score (nSPS) is 14.5. The van der Waals surface area contributed by atoms with Crippen molar-refractivity contribution in [2.75, 3.05) is 10.8 Å². The molecule has 3 aromatic rings. The number of rotatable bonds is 11. The highest BCUT2D eigenvalue weighted by Gasteiger charge is 2.34. The van der Waals surface area contributed by atoms with Gasteiger partial charge < -0.3 is 10.2 Å². The second kappa shape index (κ2) is 14.2. The number of benzene rings is 3. The highest BCUT2D eigenvalue weighted by atomic mass is 35.5. The zero-order valence-electron chi connectivity index (χ0n) is 23.5. The van der Waals surface area contributed by atoms with E-state index in [2.05, 4.69) is 5.32 Å². The van der Waals surface area contributed by atoms with Crippen LogP contribution in [0, 0.1) is 10.1 Å². The third-order valence-electron chi connectivity index (χ3n) is 7.45. The van der Waals surface area contributed by atoms with Crippen molar-refractivity contribution in [3.8, 4) is 0 Å². The predicted octanol–water partition coefficient (Wildman–Crippen LogP) is 5.96. The Balaban J connectivity index is 1.73. The van der Waals surface area contributed by atoms with E-state index < -0.39 is 39.3 Å². The summed E-state index contributed by atoms with van der Waals surface area (Å²) in [4.78, 5) is 39.5. The van der Waals surface area contributed by atoms with Gasteiger partial charge in [0.05, 0.1) is 15.5 Å². The van der Waals surface area contributed by atoms with Crippen LogP contribution in [0.2, 0.25) is 10.0 Å². The number of halogens is 2. The number of nitro groups is 1. The molecule has 0 heterocycles. The van der Waals surface area contributed by atoms with E-state index >= 15 is 0 Å². The van der Waals surface area contributed by atoms with Gasteiger partial charge >= 0.3 is 0 Å². The number of amides is 2. The van der Waals surface area contributed by atoms with E-state index in [0.717, 1.165) is 42.5 Å². The summed E-state index contributed by atoms with van der Waals surface area (Å²) in [6.07, 6.45) is 4.75. The van der Waals surface area contributed by atoms with Crippen molar-refractivity contribution in [2.45, 2.75) is 62.6 Å². The summed E-state index contributed by atoms with van der Waals surface area (Å²) in [5.41, 5.74) is -0.0381. The maximum Gasteiger partial charge on any atom is 0.271 e. The molecule has 3 aromatic carbocycles. The molecule has 1 aliphatic carbocycles. The van der Waals surface area contributed by atoms with Gasteiger partial charge in [0.2, 0.25) is 11.8 Å². The van der Waals surface area contributed by atoms with E-state index in [0.29, 0.717) is 5.56 Å². The molecule has 0 bridgehead atoms. The summed E-state index contributed by atoms with van der Waals surface area (Å²) in [5, 5.41) is 15.1. The Hall–Kier alpha value is -3.67. The molecular formula is C30H32Cl2N4O6S. The molecule has 228 valence electrons. The molecule has 1 fully saturated rings. The molecule has 2 amide bonds. The number of anilines is 1. The molecule has 43 heavy (non-hydrogen) atoms. The molecule has 1 N–H and O–H groups in total. The smallest absolute Gasteiger partial charge is 0.271 e. The molecule has 1 aliphatic rings. The summed E-state index contributed by atoms with van der Waals surface area (Å²) < 4.78 is 28.5. The van der Waals surface area contributed by atoms with Crippen LogP contribution in [0.5, 0.6) is 0 Å². The fraction of sp³-hybridized carbons (Fsp3) is 0.333. The molecule has 0 aliphatic heterocycles. The van der Waals surface area contributed by atoms with Crippen molar-refractivity contribution in [1.29, 1.82) is 0 Å². The van der Waals surface area contributed by atoms with Gasteiger partial charge in [-0.25, -0.2) is 8.42 Å². The molecule has 10 nitrogen and oxygen atoms in total. The first-order valence-electron chi connectivity index (χ1n) is 13.8. The number of non-ortho nitro benzene ring substituents is 1. The summed E-state index contributed by atoms with van der Waals surface area (Å²) in [5.74, 6) is -1.12. The third-order valence-corrected chi connectivity index (χ3v) is 9.94. The van der Waals surface area contributed by atoms with Crippen molar-refractivity contribution in [3.63, 3.8) is 0 Å². The Morgan fingerprint density at radius 2 is 1.60 bits per heavy atom. The van der Waals surface area contributed by atoms with Crippen LogP contribution in [-0.2, 0) is 26.2 Å². The maximum atomic E-state index is 14.1. The largest absolute Gasteiger partial charge is 0.352 e. The number of hydrogen-bond acceptors (Lipinski definition) is 6. The lowest BCUT2D eigenvalue weighted by Crippen LogP contribution is -2.53. The van der Waals surface area contributed by atoms with Crippen molar-refractivity contribution in [2.24, 2.45) is 0 Å². The Labute approximate surface area is 260 Å². The van der Waals surface area contributed by atoms with Crippen LogP contribution >= 0.6 is 23.2 Å². The fourth-order valence-electron chi connectivity index (χ4n) is 5.02. The van der Waals surface area contributed by atoms with Crippen LogP contribution in [-0.4, -0.2) is 48.7 Å². The minimum absolute atomic E-state index is 0.0237. The Morgan fingerprint density at radius 3 is 2.23 bits per heavy atom. The van der Waals surface area contributed by atoms with Crippen LogP contribution in [0.3, 0.4) is 0 Å². The van der Waals surface area contributed by atoms with Crippen LogP contribution in [0.15, 0.2) is 77.7 Å². The molecule has 0 aromatic heterocycles. The Bertz CT molecular complexity index is 1560. The van der Waals surface area contributed by atoms with Crippen molar-refractivity contribution >= 4 is 56.4 Å². The second-order valence-electron chi connectivity index (χ2n) is 10.3. The molecule has 4 rings (SSSR count). The van der Waals surface area contributed by atoms with E-state index in [-0.39, 0.29) is 38.9 Å². The third kappa shape index (κ3) is 7.84. The number of carbonyl (C=O) groups is 2. The SMILES string of the molecule is C[C@H](C(=O)NC1CCCCC1)N(Cc1c(Cl)cccc1Cl)C(=O)CN(c1cccc([N+](=O)[O-])c1)S(=O)(=O)c1ccccc1. The topological polar surface area (TPSA) is 130 Å². The number of nitrogens with one attached hydrogen (secondary N) is 1. The molecule has 0 unspecified atom stereocenters. The zero-order valence-corrected chi connectivity index (χ0v) is 25.8. The zero-order chi connectivity index (χ0) is 31.1. The van der Waals surface area contributed by atoms with Crippen LogP contribution in [0.1, 0.15) is 44.6 Å².